The minimum absolute atomic E-state index is 0.0992. The van der Waals surface area contributed by atoms with E-state index < -0.39 is 26.6 Å². The van der Waals surface area contributed by atoms with Gasteiger partial charge in [-0.1, -0.05) is 81.4 Å². The number of carbonyl (C=O) groups is 1. The van der Waals surface area contributed by atoms with Crippen molar-refractivity contribution in [1.29, 1.82) is 0 Å². The smallest absolute Gasteiger partial charge is 0.302 e. The summed E-state index contributed by atoms with van der Waals surface area (Å²) < 4.78 is 31.4. The van der Waals surface area contributed by atoms with Crippen LogP contribution in [0.4, 0.5) is 4.39 Å². The van der Waals surface area contributed by atoms with E-state index in [2.05, 4.69) is 45.0 Å². The third-order valence-corrected chi connectivity index (χ3v) is 10.2. The van der Waals surface area contributed by atoms with E-state index in [1.165, 1.54) is 6.92 Å². The summed E-state index contributed by atoms with van der Waals surface area (Å²) >= 11 is 0. The highest BCUT2D eigenvalue weighted by atomic mass is 28.4. The predicted molar refractivity (Wildman–Crippen MR) is 121 cm³/mol. The molecule has 2 atom stereocenters. The van der Waals surface area contributed by atoms with Gasteiger partial charge in [-0.2, -0.15) is 0 Å². The Morgan fingerprint density at radius 2 is 1.47 bits per heavy atom. The van der Waals surface area contributed by atoms with Crippen LogP contribution in [0.15, 0.2) is 60.7 Å². The van der Waals surface area contributed by atoms with Gasteiger partial charge < -0.3 is 13.9 Å². The van der Waals surface area contributed by atoms with E-state index in [-0.39, 0.29) is 24.7 Å². The van der Waals surface area contributed by atoms with Crippen LogP contribution in [0.5, 0.6) is 0 Å². The van der Waals surface area contributed by atoms with Gasteiger partial charge >= 0.3 is 5.97 Å². The third-order valence-electron chi connectivity index (χ3n) is 5.22. The molecule has 6 heteroatoms. The third kappa shape index (κ3) is 6.00. The Kier molecular flexibility index (Phi) is 8.76. The molecule has 2 aromatic rings. The molecule has 0 aliphatic rings. The molecule has 0 aliphatic carbocycles. The molecule has 0 aliphatic heterocycles. The summed E-state index contributed by atoms with van der Waals surface area (Å²) in [6.45, 7) is 7.84. The van der Waals surface area contributed by atoms with Gasteiger partial charge in [0.25, 0.3) is 8.32 Å². The number of hydrogen-bond acceptors (Lipinski definition) is 4. The normalized spacial score (nSPS) is 14.2. The van der Waals surface area contributed by atoms with Crippen molar-refractivity contribution in [3.63, 3.8) is 0 Å². The lowest BCUT2D eigenvalue weighted by atomic mass is 10.2. The Labute approximate surface area is 180 Å². The predicted octanol–water partition coefficient (Wildman–Crippen LogP) is 3.87. The van der Waals surface area contributed by atoms with E-state index in [4.69, 9.17) is 13.9 Å². The van der Waals surface area contributed by atoms with Gasteiger partial charge in [0.05, 0.1) is 12.7 Å². The summed E-state index contributed by atoms with van der Waals surface area (Å²) in [5, 5.41) is 2.16. The van der Waals surface area contributed by atoms with Gasteiger partial charge in [-0.3, -0.25) is 4.79 Å². The van der Waals surface area contributed by atoms with E-state index in [0.717, 1.165) is 10.4 Å². The number of benzene rings is 2. The van der Waals surface area contributed by atoms with Gasteiger partial charge in [-0.15, -0.1) is 0 Å². The standard InChI is InChI=1S/C24H33FO4Si/c1-19(26)28-17-20(25)16-21(27-5)18-29-30(24(2,3)4,22-12-8-6-9-13-22)23-14-10-7-11-15-23/h6-15,20-21H,16-18H2,1-5H3/t20?,21-/m0/s1. The van der Waals surface area contributed by atoms with Crippen molar-refractivity contribution in [1.82, 2.24) is 0 Å². The summed E-state index contributed by atoms with van der Waals surface area (Å²) in [7, 11) is -1.15. The quantitative estimate of drug-likeness (QED) is 0.422. The van der Waals surface area contributed by atoms with E-state index in [0.29, 0.717) is 0 Å². The topological polar surface area (TPSA) is 44.8 Å². The molecule has 0 heterocycles. The summed E-state index contributed by atoms with van der Waals surface area (Å²) in [6, 6.07) is 20.6. The van der Waals surface area contributed by atoms with Gasteiger partial charge in [-0.05, 0) is 15.4 Å². The van der Waals surface area contributed by atoms with Crippen LogP contribution < -0.4 is 10.4 Å². The highest BCUT2D eigenvalue weighted by Gasteiger charge is 2.50. The van der Waals surface area contributed by atoms with Crippen LogP contribution >= 0.6 is 0 Å². The molecule has 0 saturated heterocycles. The van der Waals surface area contributed by atoms with E-state index >= 15 is 0 Å². The maximum Gasteiger partial charge on any atom is 0.302 e. The molecule has 0 aromatic heterocycles. The first-order chi connectivity index (χ1) is 14.2. The monoisotopic (exact) mass is 432 g/mol. The Balaban J connectivity index is 2.32. The van der Waals surface area contributed by atoms with Crippen molar-refractivity contribution < 1.29 is 23.1 Å². The summed E-state index contributed by atoms with van der Waals surface area (Å²) in [6.07, 6.45) is -1.65. The van der Waals surface area contributed by atoms with Gasteiger partial charge in [0.2, 0.25) is 0 Å². The van der Waals surface area contributed by atoms with Crippen LogP contribution in [0.1, 0.15) is 34.1 Å². The van der Waals surface area contributed by atoms with Gasteiger partial charge in [0, 0.05) is 20.5 Å². The number of halogens is 1. The first-order valence-electron chi connectivity index (χ1n) is 10.3. The van der Waals surface area contributed by atoms with Crippen molar-refractivity contribution in [2.24, 2.45) is 0 Å². The highest BCUT2D eigenvalue weighted by Crippen LogP contribution is 2.37. The highest BCUT2D eigenvalue weighted by molar-refractivity contribution is 6.99. The van der Waals surface area contributed by atoms with E-state index in [1.807, 2.05) is 36.4 Å². The first-order valence-corrected chi connectivity index (χ1v) is 12.2. The Morgan fingerprint density at radius 1 is 0.967 bits per heavy atom. The Hall–Kier alpha value is -2.02. The van der Waals surface area contributed by atoms with Crippen molar-refractivity contribution in [3.8, 4) is 0 Å². The number of ether oxygens (including phenoxy) is 2. The van der Waals surface area contributed by atoms with Crippen LogP contribution in [0.25, 0.3) is 0 Å². The summed E-state index contributed by atoms with van der Waals surface area (Å²) in [5.74, 6) is -0.491. The minimum atomic E-state index is -2.70. The Morgan fingerprint density at radius 3 is 1.87 bits per heavy atom. The van der Waals surface area contributed by atoms with Crippen molar-refractivity contribution in [2.45, 2.75) is 51.4 Å². The average Bonchev–Trinajstić information content (AvgIpc) is 2.72. The number of carbonyl (C=O) groups excluding carboxylic acids is 1. The summed E-state index contributed by atoms with van der Waals surface area (Å²) in [5.41, 5.74) is 0. The lowest BCUT2D eigenvalue weighted by Crippen LogP contribution is -2.67. The van der Waals surface area contributed by atoms with Crippen LogP contribution in [0.3, 0.4) is 0 Å². The molecule has 0 fully saturated rings. The minimum Gasteiger partial charge on any atom is -0.463 e. The molecule has 0 spiro atoms. The van der Waals surface area contributed by atoms with Crippen LogP contribution in [0.2, 0.25) is 5.04 Å². The zero-order valence-electron chi connectivity index (χ0n) is 18.6. The summed E-state index contributed by atoms with van der Waals surface area (Å²) in [4.78, 5) is 10.9. The molecule has 2 rings (SSSR count). The fourth-order valence-corrected chi connectivity index (χ4v) is 8.36. The fraction of sp³-hybridized carbons (Fsp3) is 0.458. The molecule has 0 saturated carbocycles. The second-order valence-electron chi connectivity index (χ2n) is 8.47. The van der Waals surface area contributed by atoms with Crippen molar-refractivity contribution >= 4 is 24.7 Å². The maximum atomic E-state index is 14.3. The molecular formula is C24H33FO4Si. The van der Waals surface area contributed by atoms with Crippen molar-refractivity contribution in [3.05, 3.63) is 60.7 Å². The van der Waals surface area contributed by atoms with Crippen molar-refractivity contribution in [2.75, 3.05) is 20.3 Å². The zero-order chi connectivity index (χ0) is 22.2. The number of esters is 1. The van der Waals surface area contributed by atoms with Gasteiger partial charge in [0.1, 0.15) is 12.8 Å². The maximum absolute atomic E-state index is 14.3. The molecule has 30 heavy (non-hydrogen) atoms. The molecule has 0 amide bonds. The van der Waals surface area contributed by atoms with Gasteiger partial charge in [0.15, 0.2) is 0 Å². The molecule has 0 bridgehead atoms. The van der Waals surface area contributed by atoms with Crippen LogP contribution in [-0.4, -0.2) is 46.9 Å². The fourth-order valence-electron chi connectivity index (χ4n) is 3.77. The first kappa shape index (κ1) is 24.2. The molecule has 2 aromatic carbocycles. The molecule has 1 unspecified atom stereocenters. The second-order valence-corrected chi connectivity index (χ2v) is 12.8. The van der Waals surface area contributed by atoms with E-state index in [1.54, 1.807) is 7.11 Å². The lowest BCUT2D eigenvalue weighted by Gasteiger charge is -2.43. The lowest BCUT2D eigenvalue weighted by molar-refractivity contribution is -0.143. The molecule has 0 N–H and O–H groups in total. The Bertz CT molecular complexity index is 737. The van der Waals surface area contributed by atoms with Crippen LogP contribution in [-0.2, 0) is 18.7 Å². The zero-order valence-corrected chi connectivity index (χ0v) is 19.6. The molecule has 0 radical (unpaired) electrons. The second kappa shape index (κ2) is 10.8. The number of alkyl halides is 1. The van der Waals surface area contributed by atoms with Gasteiger partial charge in [-0.25, -0.2) is 4.39 Å². The number of rotatable bonds is 10. The molecule has 4 nitrogen and oxygen atoms in total. The molecule has 164 valence electrons. The van der Waals surface area contributed by atoms with E-state index in [9.17, 15) is 9.18 Å². The van der Waals surface area contributed by atoms with Crippen LogP contribution in [0, 0.1) is 0 Å². The SMILES string of the molecule is CO[C@H](CO[Si](c1ccccc1)(c1ccccc1)C(C)(C)C)CC(F)COC(C)=O. The average molecular weight is 433 g/mol. The largest absolute Gasteiger partial charge is 0.463 e. The number of hydrogen-bond donors (Lipinski definition) is 0. The number of methoxy groups -OCH3 is 1. The molecular weight excluding hydrogens is 399 g/mol.